The van der Waals surface area contributed by atoms with Gasteiger partial charge in [-0.3, -0.25) is 4.90 Å². The molecule has 5 nitrogen and oxygen atoms in total. The molecular formula is C44H36ClNO4. The van der Waals surface area contributed by atoms with Crippen LogP contribution in [0.5, 0.6) is 0 Å². The summed E-state index contributed by atoms with van der Waals surface area (Å²) in [5, 5.41) is 0.442. The molecule has 0 unspecified atom stereocenters. The number of benzene rings is 6. The van der Waals surface area contributed by atoms with E-state index < -0.39 is 23.7 Å². The van der Waals surface area contributed by atoms with Gasteiger partial charge in [0.15, 0.2) is 5.60 Å². The number of nitrogens with zero attached hydrogens (tertiary/aromatic N) is 1. The number of ether oxygens (including phenoxy) is 2. The maximum absolute atomic E-state index is 14.8. The number of esters is 1. The second-order valence-electron chi connectivity index (χ2n) is 12.4. The molecular weight excluding hydrogens is 642 g/mol. The van der Waals surface area contributed by atoms with Crippen molar-refractivity contribution in [1.29, 1.82) is 0 Å². The highest BCUT2D eigenvalue weighted by Crippen LogP contribution is 2.45. The number of carbonyl (C=O) groups is 2. The maximum Gasteiger partial charge on any atom is 0.410 e. The van der Waals surface area contributed by atoms with Crippen molar-refractivity contribution in [2.45, 2.75) is 24.0 Å². The standard InChI is InChI=1S/C44H36ClNO4/c1-46(43(48)49-30-38-36-25-13-11-23-34(36)35-24-12-14-26-37(35)38)41(29-31-17-5-2-6-18-31)42(47)50-44(32-19-7-3-8-20-32,33-21-9-4-10-22-33)39-27-15-16-28-40(39)45/h2-28,38,41H,29-30H2,1H3/t41-/m1/s1. The maximum atomic E-state index is 14.8. The van der Waals surface area contributed by atoms with Gasteiger partial charge in [-0.2, -0.15) is 0 Å². The summed E-state index contributed by atoms with van der Waals surface area (Å²) < 4.78 is 12.8. The molecule has 0 radical (unpaired) electrons. The third-order valence-electron chi connectivity index (χ3n) is 9.50. The van der Waals surface area contributed by atoms with Crippen LogP contribution in [0.3, 0.4) is 0 Å². The summed E-state index contributed by atoms with van der Waals surface area (Å²) in [7, 11) is 1.59. The average molecular weight is 678 g/mol. The summed E-state index contributed by atoms with van der Waals surface area (Å²) in [6, 6.07) is 51.5. The molecule has 7 rings (SSSR count). The molecule has 6 heteroatoms. The molecule has 0 saturated heterocycles. The fraction of sp³-hybridized carbons (Fsp3) is 0.136. The number of halogens is 1. The minimum Gasteiger partial charge on any atom is -0.448 e. The highest BCUT2D eigenvalue weighted by Gasteiger charge is 2.44. The molecule has 6 aromatic carbocycles. The zero-order valence-corrected chi connectivity index (χ0v) is 28.4. The molecule has 248 valence electrons. The zero-order valence-electron chi connectivity index (χ0n) is 27.6. The highest BCUT2D eigenvalue weighted by atomic mass is 35.5. The molecule has 0 spiro atoms. The SMILES string of the molecule is CN(C(=O)OCC1c2ccccc2-c2ccccc21)[C@H](Cc1ccccc1)C(=O)OC(c1ccccc1)(c1ccccc1)c1ccccc1Cl. The van der Waals surface area contributed by atoms with Gasteiger partial charge in [-0.25, -0.2) is 9.59 Å². The van der Waals surface area contributed by atoms with Gasteiger partial charge in [-0.1, -0.05) is 169 Å². The minimum absolute atomic E-state index is 0.122. The molecule has 0 fully saturated rings. The fourth-order valence-electron chi connectivity index (χ4n) is 7.00. The zero-order chi connectivity index (χ0) is 34.5. The van der Waals surface area contributed by atoms with Crippen LogP contribution in [-0.4, -0.2) is 36.7 Å². The van der Waals surface area contributed by atoms with Crippen LogP contribution in [-0.2, 0) is 26.3 Å². The summed E-state index contributed by atoms with van der Waals surface area (Å²) in [6.07, 6.45) is -0.407. The van der Waals surface area contributed by atoms with Gasteiger partial charge in [0.05, 0.1) is 0 Å². The third-order valence-corrected chi connectivity index (χ3v) is 9.83. The third kappa shape index (κ3) is 6.28. The summed E-state index contributed by atoms with van der Waals surface area (Å²) in [6.45, 7) is 0.127. The van der Waals surface area contributed by atoms with E-state index in [1.165, 1.54) is 4.90 Å². The average Bonchev–Trinajstić information content (AvgIpc) is 3.49. The van der Waals surface area contributed by atoms with Gasteiger partial charge in [0.2, 0.25) is 0 Å². The molecule has 0 aliphatic heterocycles. The molecule has 50 heavy (non-hydrogen) atoms. The molecule has 6 aromatic rings. The smallest absolute Gasteiger partial charge is 0.410 e. The lowest BCUT2D eigenvalue weighted by Crippen LogP contribution is -2.48. The van der Waals surface area contributed by atoms with Crippen LogP contribution in [0.25, 0.3) is 11.1 Å². The van der Waals surface area contributed by atoms with E-state index in [2.05, 4.69) is 24.3 Å². The second kappa shape index (κ2) is 14.5. The first-order valence-electron chi connectivity index (χ1n) is 16.7. The van der Waals surface area contributed by atoms with E-state index in [4.69, 9.17) is 21.1 Å². The molecule has 0 saturated carbocycles. The van der Waals surface area contributed by atoms with E-state index >= 15 is 0 Å². The number of hydrogen-bond acceptors (Lipinski definition) is 4. The minimum atomic E-state index is -1.42. The van der Waals surface area contributed by atoms with E-state index in [0.717, 1.165) is 38.9 Å². The van der Waals surface area contributed by atoms with Crippen molar-refractivity contribution in [1.82, 2.24) is 4.90 Å². The van der Waals surface area contributed by atoms with Gasteiger partial charge >= 0.3 is 12.1 Å². The van der Waals surface area contributed by atoms with Crippen LogP contribution in [0.4, 0.5) is 4.79 Å². The monoisotopic (exact) mass is 677 g/mol. The van der Waals surface area contributed by atoms with E-state index in [1.807, 2.05) is 133 Å². The summed E-state index contributed by atoms with van der Waals surface area (Å²) in [5.74, 6) is -0.721. The van der Waals surface area contributed by atoms with Crippen molar-refractivity contribution in [3.63, 3.8) is 0 Å². The van der Waals surface area contributed by atoms with Crippen LogP contribution < -0.4 is 0 Å². The molecule has 0 heterocycles. The van der Waals surface area contributed by atoms with Gasteiger partial charge in [0.25, 0.3) is 0 Å². The Hall–Kier alpha value is -5.65. The number of fused-ring (bicyclic) bond motifs is 3. The molecule has 0 N–H and O–H groups in total. The summed E-state index contributed by atoms with van der Waals surface area (Å²) in [4.78, 5) is 30.1. The highest BCUT2D eigenvalue weighted by molar-refractivity contribution is 6.31. The molecule has 1 aliphatic carbocycles. The lowest BCUT2D eigenvalue weighted by molar-refractivity contribution is -0.159. The van der Waals surface area contributed by atoms with Crippen molar-refractivity contribution >= 4 is 23.7 Å². The molecule has 1 amide bonds. The Kier molecular flexibility index (Phi) is 9.50. The largest absolute Gasteiger partial charge is 0.448 e. The number of hydrogen-bond donors (Lipinski definition) is 0. The Balaban J connectivity index is 1.24. The lowest BCUT2D eigenvalue weighted by Gasteiger charge is -2.38. The van der Waals surface area contributed by atoms with Crippen LogP contribution >= 0.6 is 11.6 Å². The van der Waals surface area contributed by atoms with Crippen molar-refractivity contribution in [3.05, 3.63) is 202 Å². The van der Waals surface area contributed by atoms with Crippen molar-refractivity contribution in [3.8, 4) is 11.1 Å². The number of rotatable bonds is 10. The number of likely N-dealkylation sites (N-methyl/N-ethyl adjacent to an activating group) is 1. The Morgan fingerprint density at radius 3 is 1.70 bits per heavy atom. The molecule has 1 atom stereocenters. The van der Waals surface area contributed by atoms with Gasteiger partial charge in [0, 0.05) is 41.1 Å². The Labute approximate surface area is 297 Å². The van der Waals surface area contributed by atoms with E-state index in [-0.39, 0.29) is 18.9 Å². The first-order valence-corrected chi connectivity index (χ1v) is 17.1. The van der Waals surface area contributed by atoms with Crippen molar-refractivity contribution in [2.24, 2.45) is 0 Å². The van der Waals surface area contributed by atoms with Gasteiger partial charge in [-0.05, 0) is 33.9 Å². The lowest BCUT2D eigenvalue weighted by atomic mass is 9.80. The van der Waals surface area contributed by atoms with E-state index in [1.54, 1.807) is 13.1 Å². The molecule has 0 bridgehead atoms. The Morgan fingerprint density at radius 2 is 1.14 bits per heavy atom. The fourth-order valence-corrected chi connectivity index (χ4v) is 7.27. The van der Waals surface area contributed by atoms with Crippen LogP contribution in [0.2, 0.25) is 5.02 Å². The first kappa shape index (κ1) is 32.9. The Bertz CT molecular complexity index is 2020. The van der Waals surface area contributed by atoms with Gasteiger partial charge in [0.1, 0.15) is 12.6 Å². The first-order chi connectivity index (χ1) is 24.5. The van der Waals surface area contributed by atoms with Crippen LogP contribution in [0, 0.1) is 0 Å². The normalized spacial score (nSPS) is 12.8. The number of carbonyl (C=O) groups excluding carboxylic acids is 2. The quantitative estimate of drug-likeness (QED) is 0.107. The molecule has 0 aromatic heterocycles. The van der Waals surface area contributed by atoms with Crippen molar-refractivity contribution in [2.75, 3.05) is 13.7 Å². The van der Waals surface area contributed by atoms with Gasteiger partial charge < -0.3 is 9.47 Å². The summed E-state index contributed by atoms with van der Waals surface area (Å²) >= 11 is 6.91. The van der Waals surface area contributed by atoms with Crippen LogP contribution in [0.15, 0.2) is 164 Å². The second-order valence-corrected chi connectivity index (χ2v) is 12.8. The number of amides is 1. The predicted octanol–water partition coefficient (Wildman–Crippen LogP) is 9.67. The predicted molar refractivity (Wildman–Crippen MR) is 197 cm³/mol. The van der Waals surface area contributed by atoms with Crippen molar-refractivity contribution < 1.29 is 19.1 Å². The Morgan fingerprint density at radius 1 is 0.660 bits per heavy atom. The summed E-state index contributed by atoms with van der Waals surface area (Å²) in [5.41, 5.74) is 5.99. The van der Waals surface area contributed by atoms with E-state index in [0.29, 0.717) is 10.6 Å². The van der Waals surface area contributed by atoms with Gasteiger partial charge in [-0.15, -0.1) is 0 Å². The molecule has 1 aliphatic rings. The topological polar surface area (TPSA) is 55.8 Å². The van der Waals surface area contributed by atoms with E-state index in [9.17, 15) is 9.59 Å². The van der Waals surface area contributed by atoms with Crippen LogP contribution in [0.1, 0.15) is 39.3 Å².